The van der Waals surface area contributed by atoms with Gasteiger partial charge >= 0.3 is 0 Å². The van der Waals surface area contributed by atoms with E-state index < -0.39 is 0 Å². The maximum Gasteiger partial charge on any atom is 0.109 e. The van der Waals surface area contributed by atoms with Crippen molar-refractivity contribution >= 4 is 11.8 Å². The van der Waals surface area contributed by atoms with Gasteiger partial charge in [-0.25, -0.2) is 0 Å². The van der Waals surface area contributed by atoms with Gasteiger partial charge < -0.3 is 10.6 Å². The largest absolute Gasteiger partial charge is 0.385 e. The van der Waals surface area contributed by atoms with Crippen LogP contribution in [0.15, 0.2) is 11.9 Å². The van der Waals surface area contributed by atoms with Crippen LogP contribution < -0.4 is 5.73 Å². The summed E-state index contributed by atoms with van der Waals surface area (Å²) in [6.45, 7) is 1.93. The van der Waals surface area contributed by atoms with Gasteiger partial charge in [-0.15, -0.1) is 0 Å². The van der Waals surface area contributed by atoms with Gasteiger partial charge in [0.05, 0.1) is 12.1 Å². The van der Waals surface area contributed by atoms with Crippen molar-refractivity contribution in [2.24, 2.45) is 5.73 Å². The van der Waals surface area contributed by atoms with E-state index in [-0.39, 0.29) is 0 Å². The second kappa shape index (κ2) is 4.14. The van der Waals surface area contributed by atoms with Crippen molar-refractivity contribution in [2.75, 3.05) is 24.6 Å². The van der Waals surface area contributed by atoms with Crippen molar-refractivity contribution in [3.05, 3.63) is 11.9 Å². The molecule has 0 spiro atoms. The number of nitrogens with zero attached hydrogens (tertiary/aromatic N) is 2. The molecule has 11 heavy (non-hydrogen) atoms. The van der Waals surface area contributed by atoms with Crippen LogP contribution in [0, 0.1) is 11.3 Å². The molecule has 1 rings (SSSR count). The van der Waals surface area contributed by atoms with E-state index in [0.29, 0.717) is 5.82 Å². The standard InChI is InChI=1S/C7H11N3S/c8-2-1-7(9)10-3-5-11-6-4-10/h1H,3-6,9H2. The topological polar surface area (TPSA) is 53.1 Å². The van der Waals surface area contributed by atoms with Crippen molar-refractivity contribution in [1.29, 1.82) is 5.26 Å². The number of rotatable bonds is 1. The molecule has 0 aliphatic carbocycles. The fraction of sp³-hybridized carbons (Fsp3) is 0.571. The fourth-order valence-corrected chi connectivity index (χ4v) is 1.88. The van der Waals surface area contributed by atoms with E-state index in [9.17, 15) is 0 Å². The van der Waals surface area contributed by atoms with Gasteiger partial charge in [-0.1, -0.05) is 0 Å². The number of nitriles is 1. The molecule has 1 fully saturated rings. The third kappa shape index (κ3) is 2.35. The van der Waals surface area contributed by atoms with Crippen LogP contribution in [0.4, 0.5) is 0 Å². The highest BCUT2D eigenvalue weighted by atomic mass is 32.2. The van der Waals surface area contributed by atoms with Crippen molar-refractivity contribution < 1.29 is 0 Å². The van der Waals surface area contributed by atoms with Crippen LogP contribution in [0.1, 0.15) is 0 Å². The van der Waals surface area contributed by atoms with Crippen LogP contribution in [-0.4, -0.2) is 29.5 Å². The summed E-state index contributed by atoms with van der Waals surface area (Å²) in [5.74, 6) is 2.83. The van der Waals surface area contributed by atoms with Gasteiger partial charge in [-0.2, -0.15) is 17.0 Å². The summed E-state index contributed by atoms with van der Waals surface area (Å²) in [6.07, 6.45) is 1.40. The van der Waals surface area contributed by atoms with Gasteiger partial charge in [0.25, 0.3) is 0 Å². The number of allylic oxidation sites excluding steroid dienone is 1. The predicted molar refractivity (Wildman–Crippen MR) is 46.8 cm³/mol. The van der Waals surface area contributed by atoms with Crippen LogP contribution in [0.3, 0.4) is 0 Å². The maximum absolute atomic E-state index is 8.33. The van der Waals surface area contributed by atoms with Gasteiger partial charge in [0.2, 0.25) is 0 Å². The third-order valence-electron chi connectivity index (χ3n) is 1.59. The molecule has 0 aromatic rings. The van der Waals surface area contributed by atoms with Crippen LogP contribution in [-0.2, 0) is 0 Å². The Kier molecular flexibility index (Phi) is 3.12. The molecule has 0 unspecified atom stereocenters. The van der Waals surface area contributed by atoms with E-state index in [1.54, 1.807) is 0 Å². The highest BCUT2D eigenvalue weighted by Crippen LogP contribution is 2.11. The molecule has 0 aromatic carbocycles. The molecule has 0 saturated carbocycles. The average molecular weight is 169 g/mol. The van der Waals surface area contributed by atoms with Crippen molar-refractivity contribution in [3.63, 3.8) is 0 Å². The molecule has 1 aliphatic heterocycles. The Bertz CT molecular complexity index is 188. The molecule has 0 radical (unpaired) electrons. The zero-order valence-electron chi connectivity index (χ0n) is 6.29. The monoisotopic (exact) mass is 169 g/mol. The molecule has 1 heterocycles. The van der Waals surface area contributed by atoms with Gasteiger partial charge in [0.15, 0.2) is 0 Å². The number of hydrogen-bond acceptors (Lipinski definition) is 4. The summed E-state index contributed by atoms with van der Waals surface area (Å²) in [5.41, 5.74) is 5.61. The fourth-order valence-electron chi connectivity index (χ4n) is 0.979. The lowest BCUT2D eigenvalue weighted by molar-refractivity contribution is 0.377. The molecule has 2 N–H and O–H groups in total. The second-order valence-corrected chi connectivity index (χ2v) is 3.52. The highest BCUT2D eigenvalue weighted by molar-refractivity contribution is 7.99. The molecule has 0 aromatic heterocycles. The number of hydrogen-bond donors (Lipinski definition) is 1. The van der Waals surface area contributed by atoms with E-state index >= 15 is 0 Å². The van der Waals surface area contributed by atoms with E-state index in [1.165, 1.54) is 6.08 Å². The van der Waals surface area contributed by atoms with E-state index in [0.717, 1.165) is 24.6 Å². The van der Waals surface area contributed by atoms with Crippen molar-refractivity contribution in [1.82, 2.24) is 4.90 Å². The van der Waals surface area contributed by atoms with Crippen LogP contribution in [0.25, 0.3) is 0 Å². The Balaban J connectivity index is 2.46. The number of nitrogens with two attached hydrogens (primary N) is 1. The Morgan fingerprint density at radius 3 is 2.73 bits per heavy atom. The molecule has 3 nitrogen and oxygen atoms in total. The summed E-state index contributed by atoms with van der Waals surface area (Å²) in [6, 6.07) is 1.93. The molecule has 0 atom stereocenters. The molecular weight excluding hydrogens is 158 g/mol. The Labute approximate surface area is 70.8 Å². The molecule has 60 valence electrons. The lowest BCUT2D eigenvalue weighted by atomic mass is 10.4. The summed E-state index contributed by atoms with van der Waals surface area (Å²) in [7, 11) is 0. The Morgan fingerprint density at radius 2 is 2.18 bits per heavy atom. The molecule has 0 bridgehead atoms. The Hall–Kier alpha value is -0.820. The van der Waals surface area contributed by atoms with Crippen LogP contribution in [0.2, 0.25) is 0 Å². The maximum atomic E-state index is 8.33. The summed E-state index contributed by atoms with van der Waals surface area (Å²) >= 11 is 1.93. The Morgan fingerprint density at radius 1 is 1.55 bits per heavy atom. The normalized spacial score (nSPS) is 19.5. The van der Waals surface area contributed by atoms with Crippen LogP contribution >= 0.6 is 11.8 Å². The predicted octanol–water partition coefficient (Wildman–Crippen LogP) is 0.359. The van der Waals surface area contributed by atoms with E-state index in [4.69, 9.17) is 11.0 Å². The smallest absolute Gasteiger partial charge is 0.109 e. The molecule has 4 heteroatoms. The summed E-state index contributed by atoms with van der Waals surface area (Å²) in [4.78, 5) is 2.04. The number of thioether (sulfide) groups is 1. The minimum absolute atomic E-state index is 0.604. The molecule has 0 amide bonds. The molecule has 1 saturated heterocycles. The first kappa shape index (κ1) is 8.28. The lowest BCUT2D eigenvalue weighted by Gasteiger charge is -2.27. The van der Waals surface area contributed by atoms with E-state index in [1.807, 2.05) is 22.7 Å². The SMILES string of the molecule is N#CC=C(N)N1CCSCC1. The first-order valence-corrected chi connectivity index (χ1v) is 4.68. The highest BCUT2D eigenvalue weighted by Gasteiger charge is 2.10. The van der Waals surface area contributed by atoms with Crippen molar-refractivity contribution in [2.45, 2.75) is 0 Å². The first-order chi connectivity index (χ1) is 5.34. The minimum atomic E-state index is 0.604. The van der Waals surface area contributed by atoms with Gasteiger partial charge in [-0.3, -0.25) is 0 Å². The minimum Gasteiger partial charge on any atom is -0.385 e. The lowest BCUT2D eigenvalue weighted by Crippen LogP contribution is -2.35. The molecule has 1 aliphatic rings. The average Bonchev–Trinajstić information content (AvgIpc) is 2.07. The van der Waals surface area contributed by atoms with Gasteiger partial charge in [-0.05, 0) is 0 Å². The van der Waals surface area contributed by atoms with Gasteiger partial charge in [0.1, 0.15) is 5.82 Å². The van der Waals surface area contributed by atoms with E-state index in [2.05, 4.69) is 0 Å². The zero-order valence-corrected chi connectivity index (χ0v) is 7.10. The summed E-state index contributed by atoms with van der Waals surface area (Å²) < 4.78 is 0. The first-order valence-electron chi connectivity index (χ1n) is 3.52. The quantitative estimate of drug-likeness (QED) is 0.576. The van der Waals surface area contributed by atoms with Gasteiger partial charge in [0, 0.05) is 24.6 Å². The second-order valence-electron chi connectivity index (χ2n) is 2.30. The zero-order chi connectivity index (χ0) is 8.10. The van der Waals surface area contributed by atoms with Crippen molar-refractivity contribution in [3.8, 4) is 6.07 Å². The summed E-state index contributed by atoms with van der Waals surface area (Å²) in [5, 5.41) is 8.33. The molecular formula is C7H11N3S. The third-order valence-corrected chi connectivity index (χ3v) is 2.53. The van der Waals surface area contributed by atoms with Crippen LogP contribution in [0.5, 0.6) is 0 Å².